The fourth-order valence-corrected chi connectivity index (χ4v) is 1.69. The summed E-state index contributed by atoms with van der Waals surface area (Å²) in [6.07, 6.45) is 2.83. The van der Waals surface area contributed by atoms with Gasteiger partial charge in [-0.05, 0) is 25.0 Å². The number of H-pyrrole nitrogens is 1. The summed E-state index contributed by atoms with van der Waals surface area (Å²) in [5, 5.41) is 0. The van der Waals surface area contributed by atoms with Gasteiger partial charge in [-0.1, -0.05) is 6.92 Å². The van der Waals surface area contributed by atoms with Crippen LogP contribution in [0.1, 0.15) is 30.7 Å². The number of aromatic amines is 1. The molecule has 15 heavy (non-hydrogen) atoms. The lowest BCUT2D eigenvalue weighted by Crippen LogP contribution is -2.12. The summed E-state index contributed by atoms with van der Waals surface area (Å²) in [6, 6.07) is 2.06. The Balaban J connectivity index is 2.46. The minimum absolute atomic E-state index is 0.305. The molecule has 2 rings (SSSR count). The molecule has 0 radical (unpaired) electrons. The first kappa shape index (κ1) is 10.1. The predicted octanol–water partition coefficient (Wildman–Crippen LogP) is 1.72. The van der Waals surface area contributed by atoms with Crippen molar-refractivity contribution < 1.29 is 0 Å². The van der Waals surface area contributed by atoms with Crippen LogP contribution in [0.4, 0.5) is 0 Å². The van der Waals surface area contributed by atoms with Crippen molar-refractivity contribution in [3.63, 3.8) is 0 Å². The van der Waals surface area contributed by atoms with Crippen molar-refractivity contribution in [3.8, 4) is 0 Å². The number of imidazole rings is 1. The fraction of sp³-hybridized carbons (Fsp3) is 0.455. The van der Waals surface area contributed by atoms with Gasteiger partial charge < -0.3 is 10.7 Å². The zero-order chi connectivity index (χ0) is 10.8. The molecule has 0 aliphatic carbocycles. The van der Waals surface area contributed by atoms with Crippen LogP contribution in [0.3, 0.4) is 0 Å². The molecule has 0 saturated carbocycles. The number of aryl methyl sites for hydroxylation is 1. The van der Waals surface area contributed by atoms with Gasteiger partial charge >= 0.3 is 0 Å². The molecule has 4 heteroatoms. The molecule has 4 nitrogen and oxygen atoms in total. The summed E-state index contributed by atoms with van der Waals surface area (Å²) in [6.45, 7) is 4.76. The average molecular weight is 204 g/mol. The second-order valence-corrected chi connectivity index (χ2v) is 3.85. The highest BCUT2D eigenvalue weighted by Gasteiger charge is 2.12. The van der Waals surface area contributed by atoms with E-state index >= 15 is 0 Å². The third-order valence-corrected chi connectivity index (χ3v) is 2.66. The number of fused-ring (bicyclic) bond motifs is 1. The Morgan fingerprint density at radius 1 is 1.53 bits per heavy atom. The Morgan fingerprint density at radius 2 is 2.33 bits per heavy atom. The van der Waals surface area contributed by atoms with Crippen LogP contribution >= 0.6 is 0 Å². The van der Waals surface area contributed by atoms with Crippen LogP contribution in [0.2, 0.25) is 0 Å². The first-order valence-corrected chi connectivity index (χ1v) is 5.27. The molecule has 0 bridgehead atoms. The Hall–Kier alpha value is -1.42. The zero-order valence-electron chi connectivity index (χ0n) is 9.12. The molecule has 3 N–H and O–H groups in total. The van der Waals surface area contributed by atoms with Gasteiger partial charge in [0, 0.05) is 18.7 Å². The van der Waals surface area contributed by atoms with E-state index < -0.39 is 0 Å². The molecule has 1 unspecified atom stereocenters. The second-order valence-electron chi connectivity index (χ2n) is 3.85. The fourth-order valence-electron chi connectivity index (χ4n) is 1.69. The van der Waals surface area contributed by atoms with Crippen molar-refractivity contribution >= 4 is 11.2 Å². The van der Waals surface area contributed by atoms with Crippen LogP contribution in [0.15, 0.2) is 12.3 Å². The number of nitrogens with zero attached hydrogens (tertiary/aromatic N) is 2. The number of rotatable bonds is 3. The third-order valence-electron chi connectivity index (χ3n) is 2.66. The van der Waals surface area contributed by atoms with Crippen molar-refractivity contribution in [2.45, 2.75) is 26.2 Å². The summed E-state index contributed by atoms with van der Waals surface area (Å²) in [7, 11) is 0. The highest BCUT2D eigenvalue weighted by atomic mass is 15.0. The molecule has 0 aliphatic rings. The van der Waals surface area contributed by atoms with Gasteiger partial charge in [0.1, 0.15) is 5.82 Å². The smallest absolute Gasteiger partial charge is 0.177 e. The Kier molecular flexibility index (Phi) is 2.68. The van der Waals surface area contributed by atoms with E-state index in [1.54, 1.807) is 0 Å². The number of aromatic nitrogens is 3. The summed E-state index contributed by atoms with van der Waals surface area (Å²) < 4.78 is 0. The lowest BCUT2D eigenvalue weighted by molar-refractivity contribution is 0.640. The van der Waals surface area contributed by atoms with Gasteiger partial charge in [-0.2, -0.15) is 0 Å². The number of hydrogen-bond donors (Lipinski definition) is 2. The zero-order valence-corrected chi connectivity index (χ0v) is 9.12. The molecule has 0 aromatic carbocycles. The van der Waals surface area contributed by atoms with Gasteiger partial charge in [-0.25, -0.2) is 9.97 Å². The third kappa shape index (κ3) is 1.85. The maximum atomic E-state index is 5.69. The Labute approximate surface area is 88.9 Å². The van der Waals surface area contributed by atoms with Gasteiger partial charge in [0.05, 0.1) is 5.52 Å². The van der Waals surface area contributed by atoms with Crippen molar-refractivity contribution in [1.29, 1.82) is 0 Å². The normalized spacial score (nSPS) is 13.3. The summed E-state index contributed by atoms with van der Waals surface area (Å²) in [5.74, 6) is 1.26. The first-order valence-electron chi connectivity index (χ1n) is 5.27. The molecule has 0 spiro atoms. The molecule has 0 aliphatic heterocycles. The Morgan fingerprint density at radius 3 is 3.00 bits per heavy atom. The van der Waals surface area contributed by atoms with E-state index in [2.05, 4.69) is 27.9 Å². The van der Waals surface area contributed by atoms with Crippen LogP contribution in [0.25, 0.3) is 11.2 Å². The SMILES string of the molecule is CCC(CN)c1nc2ncc(C)cc2[nH]1. The molecule has 0 fully saturated rings. The van der Waals surface area contributed by atoms with Crippen LogP contribution in [0.5, 0.6) is 0 Å². The van der Waals surface area contributed by atoms with Crippen LogP contribution in [-0.2, 0) is 0 Å². The van der Waals surface area contributed by atoms with E-state index in [0.717, 1.165) is 29.0 Å². The standard InChI is InChI=1S/C11H16N4/c1-3-8(5-12)10-14-9-4-7(2)6-13-11(9)15-10/h4,6,8H,3,5,12H2,1-2H3,(H,13,14,15). The number of hydrogen-bond acceptors (Lipinski definition) is 3. The number of pyridine rings is 1. The van der Waals surface area contributed by atoms with Crippen molar-refractivity contribution in [2.24, 2.45) is 5.73 Å². The van der Waals surface area contributed by atoms with E-state index in [1.807, 2.05) is 13.1 Å². The topological polar surface area (TPSA) is 67.6 Å². The number of nitrogens with one attached hydrogen (secondary N) is 1. The van der Waals surface area contributed by atoms with Crippen LogP contribution in [-0.4, -0.2) is 21.5 Å². The maximum absolute atomic E-state index is 5.69. The highest BCUT2D eigenvalue weighted by Crippen LogP contribution is 2.18. The molecule has 80 valence electrons. The molecule has 0 amide bonds. The molecular formula is C11H16N4. The summed E-state index contributed by atoms with van der Waals surface area (Å²) >= 11 is 0. The minimum atomic E-state index is 0.305. The van der Waals surface area contributed by atoms with Gasteiger partial charge in [0.2, 0.25) is 0 Å². The maximum Gasteiger partial charge on any atom is 0.177 e. The molecule has 2 aromatic rings. The lowest BCUT2D eigenvalue weighted by atomic mass is 10.1. The van der Waals surface area contributed by atoms with Gasteiger partial charge in [0.15, 0.2) is 5.65 Å². The number of nitrogens with two attached hydrogens (primary N) is 1. The van der Waals surface area contributed by atoms with E-state index in [9.17, 15) is 0 Å². The van der Waals surface area contributed by atoms with Crippen molar-refractivity contribution in [1.82, 2.24) is 15.0 Å². The predicted molar refractivity (Wildman–Crippen MR) is 60.7 cm³/mol. The van der Waals surface area contributed by atoms with E-state index in [1.165, 1.54) is 0 Å². The van der Waals surface area contributed by atoms with Gasteiger partial charge in [0.25, 0.3) is 0 Å². The molecule has 0 saturated heterocycles. The van der Waals surface area contributed by atoms with Gasteiger partial charge in [-0.3, -0.25) is 0 Å². The van der Waals surface area contributed by atoms with Crippen LogP contribution in [0, 0.1) is 6.92 Å². The van der Waals surface area contributed by atoms with Crippen LogP contribution < -0.4 is 5.73 Å². The lowest BCUT2D eigenvalue weighted by Gasteiger charge is -2.06. The van der Waals surface area contributed by atoms with Gasteiger partial charge in [-0.15, -0.1) is 0 Å². The molecule has 1 atom stereocenters. The van der Waals surface area contributed by atoms with Crippen molar-refractivity contribution in [2.75, 3.05) is 6.54 Å². The average Bonchev–Trinajstić information content (AvgIpc) is 2.62. The molecule has 2 aromatic heterocycles. The molecular weight excluding hydrogens is 188 g/mol. The summed E-state index contributed by atoms with van der Waals surface area (Å²) in [4.78, 5) is 12.0. The van der Waals surface area contributed by atoms with E-state index in [4.69, 9.17) is 5.73 Å². The first-order chi connectivity index (χ1) is 7.24. The summed E-state index contributed by atoms with van der Waals surface area (Å²) in [5.41, 5.74) is 8.60. The Bertz CT molecular complexity index is 457. The quantitative estimate of drug-likeness (QED) is 0.799. The second kappa shape index (κ2) is 3.98. The van der Waals surface area contributed by atoms with Crippen molar-refractivity contribution in [3.05, 3.63) is 23.7 Å². The highest BCUT2D eigenvalue weighted by molar-refractivity contribution is 5.71. The van der Waals surface area contributed by atoms with E-state index in [0.29, 0.717) is 12.5 Å². The molecule has 2 heterocycles. The largest absolute Gasteiger partial charge is 0.340 e. The monoisotopic (exact) mass is 204 g/mol. The minimum Gasteiger partial charge on any atom is -0.340 e. The van der Waals surface area contributed by atoms with E-state index in [-0.39, 0.29) is 0 Å².